The number of hydrogen-bond donors (Lipinski definition) is 1. The number of rotatable bonds is 4. The van der Waals surface area contributed by atoms with Gasteiger partial charge in [-0.3, -0.25) is 4.79 Å². The Morgan fingerprint density at radius 3 is 3.00 bits per heavy atom. The van der Waals surface area contributed by atoms with E-state index in [4.69, 9.17) is 9.84 Å². The van der Waals surface area contributed by atoms with E-state index < -0.39 is 5.97 Å². The van der Waals surface area contributed by atoms with Crippen LogP contribution in [0.2, 0.25) is 0 Å². The first-order valence-corrected chi connectivity index (χ1v) is 6.72. The zero-order valence-electron chi connectivity index (χ0n) is 11.6. The highest BCUT2D eigenvalue weighted by Gasteiger charge is 2.25. The van der Waals surface area contributed by atoms with Gasteiger partial charge in [0.1, 0.15) is 0 Å². The third kappa shape index (κ3) is 3.26. The molecule has 1 aliphatic heterocycles. The maximum atomic E-state index is 10.7. The molecule has 1 unspecified atom stereocenters. The Morgan fingerprint density at radius 1 is 1.47 bits per heavy atom. The number of ether oxygens (including phenoxy) is 1. The quantitative estimate of drug-likeness (QED) is 0.906. The highest BCUT2D eigenvalue weighted by atomic mass is 16.5. The summed E-state index contributed by atoms with van der Waals surface area (Å²) < 4.78 is 5.50. The highest BCUT2D eigenvalue weighted by Crippen LogP contribution is 2.27. The lowest BCUT2D eigenvalue weighted by Crippen LogP contribution is -2.46. The van der Waals surface area contributed by atoms with Crippen LogP contribution in [0.4, 0.5) is 5.69 Å². The molecular weight excluding hydrogens is 242 g/mol. The monoisotopic (exact) mass is 263 g/mol. The van der Waals surface area contributed by atoms with Gasteiger partial charge in [-0.2, -0.15) is 0 Å². The second-order valence-corrected chi connectivity index (χ2v) is 5.07. The highest BCUT2D eigenvalue weighted by molar-refractivity contribution is 5.67. The average Bonchev–Trinajstić information content (AvgIpc) is 2.40. The third-order valence-corrected chi connectivity index (χ3v) is 3.80. The molecule has 4 heteroatoms. The molecule has 1 heterocycles. The number of aliphatic carboxylic acids is 1. The van der Waals surface area contributed by atoms with Crippen molar-refractivity contribution in [3.05, 3.63) is 29.3 Å². The van der Waals surface area contributed by atoms with Crippen LogP contribution >= 0.6 is 0 Å². The van der Waals surface area contributed by atoms with Gasteiger partial charge in [0.05, 0.1) is 19.3 Å². The summed E-state index contributed by atoms with van der Waals surface area (Å²) in [6.45, 7) is 6.37. The van der Waals surface area contributed by atoms with Gasteiger partial charge in [-0.05, 0) is 37.5 Å². The maximum absolute atomic E-state index is 10.7. The van der Waals surface area contributed by atoms with Crippen LogP contribution in [0.25, 0.3) is 0 Å². The van der Waals surface area contributed by atoms with Crippen LogP contribution in [0.1, 0.15) is 24.0 Å². The van der Waals surface area contributed by atoms with Gasteiger partial charge in [0, 0.05) is 18.7 Å². The van der Waals surface area contributed by atoms with Crippen molar-refractivity contribution in [3.63, 3.8) is 0 Å². The SMILES string of the molecule is Cc1cccc(N2CCOCC2CCC(=O)O)c1C. The molecular formula is C15H21NO3. The van der Waals surface area contributed by atoms with Crippen molar-refractivity contribution in [2.75, 3.05) is 24.7 Å². The first kappa shape index (κ1) is 13.9. The lowest BCUT2D eigenvalue weighted by atomic mass is 10.0. The molecule has 1 aromatic rings. The minimum atomic E-state index is -0.744. The van der Waals surface area contributed by atoms with E-state index in [1.54, 1.807) is 0 Å². The number of aryl methyl sites for hydroxylation is 1. The first-order chi connectivity index (χ1) is 9.09. The van der Waals surface area contributed by atoms with Gasteiger partial charge >= 0.3 is 5.97 Å². The first-order valence-electron chi connectivity index (χ1n) is 6.72. The molecule has 104 valence electrons. The molecule has 0 aromatic heterocycles. The smallest absolute Gasteiger partial charge is 0.303 e. The molecule has 0 spiro atoms. The molecule has 1 aromatic carbocycles. The van der Waals surface area contributed by atoms with E-state index >= 15 is 0 Å². The molecule has 1 N–H and O–H groups in total. The van der Waals surface area contributed by atoms with Gasteiger partial charge < -0.3 is 14.7 Å². The van der Waals surface area contributed by atoms with E-state index in [0.29, 0.717) is 19.6 Å². The number of carbonyl (C=O) groups is 1. The molecule has 4 nitrogen and oxygen atoms in total. The van der Waals surface area contributed by atoms with E-state index in [1.807, 2.05) is 0 Å². The van der Waals surface area contributed by atoms with Crippen LogP contribution in [-0.4, -0.2) is 36.9 Å². The maximum Gasteiger partial charge on any atom is 0.303 e. The summed E-state index contributed by atoms with van der Waals surface area (Å²) in [5.41, 5.74) is 3.74. The van der Waals surface area contributed by atoms with Crippen LogP contribution in [-0.2, 0) is 9.53 Å². The van der Waals surface area contributed by atoms with Gasteiger partial charge in [-0.1, -0.05) is 12.1 Å². The van der Waals surface area contributed by atoms with Crippen LogP contribution in [0.5, 0.6) is 0 Å². The molecule has 19 heavy (non-hydrogen) atoms. The largest absolute Gasteiger partial charge is 0.481 e. The molecule has 1 aliphatic rings. The van der Waals surface area contributed by atoms with Gasteiger partial charge in [0.15, 0.2) is 0 Å². The van der Waals surface area contributed by atoms with Gasteiger partial charge in [0.2, 0.25) is 0 Å². The van der Waals surface area contributed by atoms with E-state index in [0.717, 1.165) is 6.54 Å². The Morgan fingerprint density at radius 2 is 2.26 bits per heavy atom. The number of morpholine rings is 1. The summed E-state index contributed by atoms with van der Waals surface area (Å²) in [4.78, 5) is 13.0. The van der Waals surface area contributed by atoms with Crippen LogP contribution in [0.3, 0.4) is 0 Å². The molecule has 0 aliphatic carbocycles. The molecule has 1 saturated heterocycles. The fourth-order valence-corrected chi connectivity index (χ4v) is 2.55. The molecule has 0 amide bonds. The normalized spacial score (nSPS) is 19.5. The van der Waals surface area contributed by atoms with Gasteiger partial charge in [0.25, 0.3) is 0 Å². The minimum absolute atomic E-state index is 0.158. The Balaban J connectivity index is 2.19. The van der Waals surface area contributed by atoms with Crippen LogP contribution < -0.4 is 4.90 Å². The number of nitrogens with zero attached hydrogens (tertiary/aromatic N) is 1. The van der Waals surface area contributed by atoms with Crippen molar-refractivity contribution in [1.29, 1.82) is 0 Å². The van der Waals surface area contributed by atoms with Crippen molar-refractivity contribution in [3.8, 4) is 0 Å². The number of anilines is 1. The summed E-state index contributed by atoms with van der Waals surface area (Å²) in [5, 5.41) is 8.84. The fraction of sp³-hybridized carbons (Fsp3) is 0.533. The van der Waals surface area contributed by atoms with Crippen molar-refractivity contribution < 1.29 is 14.6 Å². The zero-order chi connectivity index (χ0) is 13.8. The Bertz CT molecular complexity index is 459. The van der Waals surface area contributed by atoms with E-state index in [9.17, 15) is 4.79 Å². The topological polar surface area (TPSA) is 49.8 Å². The zero-order valence-corrected chi connectivity index (χ0v) is 11.6. The van der Waals surface area contributed by atoms with E-state index in [-0.39, 0.29) is 12.5 Å². The number of carboxylic acids is 1. The van der Waals surface area contributed by atoms with Crippen molar-refractivity contribution in [1.82, 2.24) is 0 Å². The standard InChI is InChI=1S/C15H21NO3/c1-11-4-3-5-14(12(11)2)16-8-9-19-10-13(16)6-7-15(17)18/h3-5,13H,6-10H2,1-2H3,(H,17,18). The van der Waals surface area contributed by atoms with E-state index in [1.165, 1.54) is 16.8 Å². The number of benzene rings is 1. The van der Waals surface area contributed by atoms with Crippen LogP contribution in [0.15, 0.2) is 18.2 Å². The number of hydrogen-bond acceptors (Lipinski definition) is 3. The predicted molar refractivity (Wildman–Crippen MR) is 74.7 cm³/mol. The second kappa shape index (κ2) is 6.06. The molecule has 0 bridgehead atoms. The molecule has 0 saturated carbocycles. The molecule has 1 atom stereocenters. The van der Waals surface area contributed by atoms with Gasteiger partial charge in [-0.25, -0.2) is 0 Å². The van der Waals surface area contributed by atoms with Crippen LogP contribution in [0, 0.1) is 13.8 Å². The summed E-state index contributed by atoms with van der Waals surface area (Å²) in [7, 11) is 0. The third-order valence-electron chi connectivity index (χ3n) is 3.80. The summed E-state index contributed by atoms with van der Waals surface area (Å²) in [5.74, 6) is -0.744. The molecule has 1 fully saturated rings. The molecule has 0 radical (unpaired) electrons. The lowest BCUT2D eigenvalue weighted by molar-refractivity contribution is -0.137. The Hall–Kier alpha value is -1.55. The minimum Gasteiger partial charge on any atom is -0.481 e. The summed E-state index contributed by atoms with van der Waals surface area (Å²) >= 11 is 0. The number of carboxylic acid groups (broad SMARTS) is 1. The predicted octanol–water partition coefficient (Wildman–Crippen LogP) is 2.37. The van der Waals surface area contributed by atoms with Crippen molar-refractivity contribution in [2.45, 2.75) is 32.7 Å². The van der Waals surface area contributed by atoms with Crippen molar-refractivity contribution in [2.24, 2.45) is 0 Å². The lowest BCUT2D eigenvalue weighted by Gasteiger charge is -2.38. The Labute approximate surface area is 114 Å². The van der Waals surface area contributed by atoms with Gasteiger partial charge in [-0.15, -0.1) is 0 Å². The summed E-state index contributed by atoms with van der Waals surface area (Å²) in [6.07, 6.45) is 0.818. The summed E-state index contributed by atoms with van der Waals surface area (Å²) in [6, 6.07) is 6.43. The van der Waals surface area contributed by atoms with E-state index in [2.05, 4.69) is 36.9 Å². The molecule has 2 rings (SSSR count). The van der Waals surface area contributed by atoms with Crippen molar-refractivity contribution >= 4 is 11.7 Å². The fourth-order valence-electron chi connectivity index (χ4n) is 2.55. The Kier molecular flexibility index (Phi) is 4.43. The average molecular weight is 263 g/mol. The second-order valence-electron chi connectivity index (χ2n) is 5.07.